The molecule has 1 saturated carbocycles. The van der Waals surface area contributed by atoms with Gasteiger partial charge >= 0.3 is 0 Å². The first-order chi connectivity index (χ1) is 15.5. The number of aromatic nitrogens is 2. The van der Waals surface area contributed by atoms with Crippen LogP contribution in [0.5, 0.6) is 0 Å². The fourth-order valence-electron chi connectivity index (χ4n) is 4.58. The first-order valence-corrected chi connectivity index (χ1v) is 11.6. The van der Waals surface area contributed by atoms with E-state index in [0.717, 1.165) is 37.7 Å². The van der Waals surface area contributed by atoms with Crippen LogP contribution in [0.1, 0.15) is 51.3 Å². The Morgan fingerprint density at radius 3 is 2.44 bits per heavy atom. The molecular formula is C23H27ClN4O4. The van der Waals surface area contributed by atoms with Crippen molar-refractivity contribution in [2.75, 3.05) is 13.1 Å². The first-order valence-electron chi connectivity index (χ1n) is 11.2. The van der Waals surface area contributed by atoms with Gasteiger partial charge in [0.25, 0.3) is 0 Å². The average Bonchev–Trinajstić information content (AvgIpc) is 3.36. The Morgan fingerprint density at radius 2 is 1.81 bits per heavy atom. The lowest BCUT2D eigenvalue weighted by Gasteiger charge is -2.22. The Kier molecular flexibility index (Phi) is 6.89. The van der Waals surface area contributed by atoms with Crippen LogP contribution in [0.25, 0.3) is 11.4 Å². The quantitative estimate of drug-likeness (QED) is 0.559. The molecule has 1 aromatic carbocycles. The number of halogens is 1. The summed E-state index contributed by atoms with van der Waals surface area (Å²) in [6, 6.07) is 7.09. The maximum Gasteiger partial charge on any atom is 0.246 e. The van der Waals surface area contributed by atoms with Crippen LogP contribution >= 0.6 is 11.6 Å². The molecule has 0 unspecified atom stereocenters. The summed E-state index contributed by atoms with van der Waals surface area (Å²) in [5.74, 6) is 0.00439. The molecule has 0 bridgehead atoms. The van der Waals surface area contributed by atoms with Gasteiger partial charge in [0, 0.05) is 30.1 Å². The molecule has 0 spiro atoms. The minimum absolute atomic E-state index is 0.0924. The van der Waals surface area contributed by atoms with E-state index in [9.17, 15) is 14.4 Å². The van der Waals surface area contributed by atoms with Gasteiger partial charge in [0.2, 0.25) is 29.4 Å². The fraction of sp³-hybridized carbons (Fsp3) is 0.522. The van der Waals surface area contributed by atoms with Crippen LogP contribution < -0.4 is 0 Å². The number of hydrogen-bond donors (Lipinski definition) is 0. The van der Waals surface area contributed by atoms with Crippen molar-refractivity contribution < 1.29 is 18.9 Å². The Labute approximate surface area is 191 Å². The zero-order valence-electron chi connectivity index (χ0n) is 18.1. The van der Waals surface area contributed by atoms with E-state index in [2.05, 4.69) is 10.1 Å². The normalized spacial score (nSPS) is 20.5. The van der Waals surface area contributed by atoms with E-state index < -0.39 is 0 Å². The van der Waals surface area contributed by atoms with Crippen molar-refractivity contribution in [3.05, 3.63) is 35.2 Å². The van der Waals surface area contributed by atoms with E-state index in [1.807, 2.05) is 6.92 Å². The molecule has 4 rings (SSSR count). The van der Waals surface area contributed by atoms with Crippen molar-refractivity contribution in [2.24, 2.45) is 11.8 Å². The van der Waals surface area contributed by atoms with Gasteiger partial charge < -0.3 is 9.42 Å². The monoisotopic (exact) mass is 458 g/mol. The minimum atomic E-state index is -0.192. The van der Waals surface area contributed by atoms with Crippen LogP contribution in [0, 0.1) is 11.8 Å². The van der Waals surface area contributed by atoms with Gasteiger partial charge in [-0.05, 0) is 43.5 Å². The summed E-state index contributed by atoms with van der Waals surface area (Å²) in [5, 5.41) is 4.61. The second-order valence-electron chi connectivity index (χ2n) is 8.41. The third-order valence-electron chi connectivity index (χ3n) is 6.22. The number of likely N-dealkylation sites (tertiary alicyclic amines) is 1. The van der Waals surface area contributed by atoms with Gasteiger partial charge in [0.1, 0.15) is 0 Å². The SMILES string of the molecule is CCCN(Cc1nc(-c2ccc(Cl)cc2)no1)C(=O)CCN1C(=O)[C@@H]2CCCC[C@H]2C1=O. The summed E-state index contributed by atoms with van der Waals surface area (Å²) >= 11 is 5.92. The largest absolute Gasteiger partial charge is 0.337 e. The first kappa shape index (κ1) is 22.5. The molecule has 0 radical (unpaired) electrons. The lowest BCUT2D eigenvalue weighted by molar-refractivity contribution is -0.141. The number of carbonyl (C=O) groups excluding carboxylic acids is 3. The van der Waals surface area contributed by atoms with Crippen molar-refractivity contribution >= 4 is 29.3 Å². The molecule has 2 aliphatic rings. The molecule has 32 heavy (non-hydrogen) atoms. The Morgan fingerprint density at radius 1 is 1.16 bits per heavy atom. The molecular weight excluding hydrogens is 432 g/mol. The summed E-state index contributed by atoms with van der Waals surface area (Å²) in [6.07, 6.45) is 4.37. The number of rotatable bonds is 8. The van der Waals surface area contributed by atoms with E-state index in [1.165, 1.54) is 4.90 Å². The van der Waals surface area contributed by atoms with Crippen molar-refractivity contribution in [1.82, 2.24) is 19.9 Å². The minimum Gasteiger partial charge on any atom is -0.337 e. The topological polar surface area (TPSA) is 96.6 Å². The summed E-state index contributed by atoms with van der Waals surface area (Å²) in [4.78, 5) is 45.5. The van der Waals surface area contributed by atoms with Crippen molar-refractivity contribution in [2.45, 2.75) is 52.0 Å². The highest BCUT2D eigenvalue weighted by Crippen LogP contribution is 2.38. The van der Waals surface area contributed by atoms with Gasteiger partial charge in [0.05, 0.1) is 18.4 Å². The van der Waals surface area contributed by atoms with Crippen LogP contribution in [0.15, 0.2) is 28.8 Å². The Bertz CT molecular complexity index is 966. The number of nitrogens with zero attached hydrogens (tertiary/aromatic N) is 4. The lowest BCUT2D eigenvalue weighted by atomic mass is 9.81. The number of imide groups is 1. The summed E-state index contributed by atoms with van der Waals surface area (Å²) in [7, 11) is 0. The molecule has 3 amide bonds. The zero-order valence-corrected chi connectivity index (χ0v) is 18.9. The van der Waals surface area contributed by atoms with E-state index in [-0.39, 0.29) is 49.1 Å². The third-order valence-corrected chi connectivity index (χ3v) is 6.48. The van der Waals surface area contributed by atoms with Crippen LogP contribution in [-0.2, 0) is 20.9 Å². The molecule has 170 valence electrons. The lowest BCUT2D eigenvalue weighted by Crippen LogP contribution is -2.37. The van der Waals surface area contributed by atoms with Crippen LogP contribution in [0.3, 0.4) is 0 Å². The standard InChI is InChI=1S/C23H27ClN4O4/c1-2-12-27(14-19-25-21(26-32-19)15-7-9-16(24)10-8-15)20(29)11-13-28-22(30)17-5-3-4-6-18(17)23(28)31/h7-10,17-18H,2-6,11-14H2,1H3/t17-,18-/m1/s1. The second kappa shape index (κ2) is 9.81. The number of fused-ring (bicyclic) bond motifs is 1. The maximum absolute atomic E-state index is 12.9. The molecule has 2 heterocycles. The molecule has 2 aromatic rings. The van der Waals surface area contributed by atoms with Crippen molar-refractivity contribution in [1.29, 1.82) is 0 Å². The van der Waals surface area contributed by atoms with E-state index >= 15 is 0 Å². The maximum atomic E-state index is 12.9. The van der Waals surface area contributed by atoms with Crippen molar-refractivity contribution in [3.63, 3.8) is 0 Å². The highest BCUT2D eigenvalue weighted by molar-refractivity contribution is 6.30. The fourth-order valence-corrected chi connectivity index (χ4v) is 4.70. The second-order valence-corrected chi connectivity index (χ2v) is 8.85. The van der Waals surface area contributed by atoms with Crippen molar-refractivity contribution in [3.8, 4) is 11.4 Å². The summed E-state index contributed by atoms with van der Waals surface area (Å²) < 4.78 is 5.35. The van der Waals surface area contributed by atoms with Crippen LogP contribution in [0.4, 0.5) is 0 Å². The summed E-state index contributed by atoms with van der Waals surface area (Å²) in [5.41, 5.74) is 0.769. The predicted molar refractivity (Wildman–Crippen MR) is 117 cm³/mol. The van der Waals surface area contributed by atoms with E-state index in [1.54, 1.807) is 29.2 Å². The molecule has 9 heteroatoms. The molecule has 1 aromatic heterocycles. The molecule has 8 nitrogen and oxygen atoms in total. The summed E-state index contributed by atoms with van der Waals surface area (Å²) in [6.45, 7) is 2.81. The zero-order chi connectivity index (χ0) is 22.7. The number of amides is 3. The molecule has 1 aliphatic heterocycles. The van der Waals surface area contributed by atoms with Crippen LogP contribution in [-0.4, -0.2) is 50.8 Å². The average molecular weight is 459 g/mol. The Hall–Kier alpha value is -2.74. The molecule has 2 fully saturated rings. The van der Waals surface area contributed by atoms with Crippen LogP contribution in [0.2, 0.25) is 5.02 Å². The van der Waals surface area contributed by atoms with Gasteiger partial charge in [0.15, 0.2) is 0 Å². The van der Waals surface area contributed by atoms with Gasteiger partial charge in [-0.15, -0.1) is 0 Å². The van der Waals surface area contributed by atoms with E-state index in [0.29, 0.717) is 23.3 Å². The van der Waals surface area contributed by atoms with Gasteiger partial charge in [-0.2, -0.15) is 4.98 Å². The number of carbonyl (C=O) groups is 3. The number of benzene rings is 1. The molecule has 1 saturated heterocycles. The third kappa shape index (κ3) is 4.70. The Balaban J connectivity index is 1.37. The molecule has 1 aliphatic carbocycles. The molecule has 2 atom stereocenters. The highest BCUT2D eigenvalue weighted by atomic mass is 35.5. The van der Waals surface area contributed by atoms with Gasteiger partial charge in [-0.3, -0.25) is 19.3 Å². The smallest absolute Gasteiger partial charge is 0.246 e. The van der Waals surface area contributed by atoms with Gasteiger partial charge in [-0.25, -0.2) is 0 Å². The number of hydrogen-bond acceptors (Lipinski definition) is 6. The highest BCUT2D eigenvalue weighted by Gasteiger charge is 2.47. The molecule has 0 N–H and O–H groups in total. The predicted octanol–water partition coefficient (Wildman–Crippen LogP) is 3.69. The van der Waals surface area contributed by atoms with Gasteiger partial charge in [-0.1, -0.05) is 36.5 Å². The van der Waals surface area contributed by atoms with E-state index in [4.69, 9.17) is 16.1 Å².